The van der Waals surface area contributed by atoms with Crippen LogP contribution >= 0.6 is 15.9 Å². The lowest BCUT2D eigenvalue weighted by Gasteiger charge is -2.37. The summed E-state index contributed by atoms with van der Waals surface area (Å²) >= 11 is 3.21. The minimum absolute atomic E-state index is 0.0540. The van der Waals surface area contributed by atoms with Gasteiger partial charge in [-0.3, -0.25) is 9.69 Å². The summed E-state index contributed by atoms with van der Waals surface area (Å²) in [6.07, 6.45) is 1.48. The number of nitrogens with zero attached hydrogens (tertiary/aromatic N) is 3. The molecule has 0 saturated carbocycles. The minimum Gasteiger partial charge on any atom is -0.457 e. The maximum Gasteiger partial charge on any atom is 0.258 e. The lowest BCUT2D eigenvalue weighted by Crippen LogP contribution is -2.54. The molecule has 0 aliphatic carbocycles. The second-order valence-corrected chi connectivity index (χ2v) is 5.36. The van der Waals surface area contributed by atoms with Gasteiger partial charge in [-0.05, 0) is 28.9 Å². The zero-order chi connectivity index (χ0) is 14.7. The van der Waals surface area contributed by atoms with Gasteiger partial charge < -0.3 is 20.3 Å². The van der Waals surface area contributed by atoms with Gasteiger partial charge in [-0.2, -0.15) is 0 Å². The van der Waals surface area contributed by atoms with Gasteiger partial charge in [0.2, 0.25) is 0 Å². The first-order chi connectivity index (χ1) is 9.54. The molecule has 1 unspecified atom stereocenters. The van der Waals surface area contributed by atoms with Crippen molar-refractivity contribution in [2.75, 3.05) is 26.2 Å². The summed E-state index contributed by atoms with van der Waals surface area (Å²) in [5.74, 6) is 0.129. The molecule has 1 aromatic rings. The second-order valence-electron chi connectivity index (χ2n) is 4.64. The molecule has 3 N–H and O–H groups in total. The van der Waals surface area contributed by atoms with Crippen LogP contribution in [-0.4, -0.2) is 59.0 Å². The van der Waals surface area contributed by atoms with Gasteiger partial charge in [-0.25, -0.2) is 0 Å². The Balaban J connectivity index is 1.95. The normalized spacial score (nSPS) is 19.1. The number of amides is 1. The van der Waals surface area contributed by atoms with Crippen molar-refractivity contribution in [1.29, 1.82) is 0 Å². The monoisotopic (exact) mass is 344 g/mol. The molecule has 0 radical (unpaired) electrons. The Hall–Kier alpha value is -1.54. The van der Waals surface area contributed by atoms with Crippen molar-refractivity contribution in [1.82, 2.24) is 9.80 Å². The van der Waals surface area contributed by atoms with Crippen LogP contribution in [0.2, 0.25) is 0 Å². The number of halogens is 1. The first-order valence-corrected chi connectivity index (χ1v) is 7.07. The summed E-state index contributed by atoms with van der Waals surface area (Å²) in [6.45, 7) is 4.43. The fourth-order valence-corrected chi connectivity index (χ4v) is 2.61. The van der Waals surface area contributed by atoms with Crippen LogP contribution in [0.15, 0.2) is 26.6 Å². The minimum atomic E-state index is -0.141. The Morgan fingerprint density at radius 1 is 1.50 bits per heavy atom. The summed E-state index contributed by atoms with van der Waals surface area (Å²) in [5, 5.41) is 11.7. The fraction of sp³-hybridized carbons (Fsp3) is 0.500. The number of carbonyl (C=O) groups excluding carboxylic acids is 1. The van der Waals surface area contributed by atoms with Gasteiger partial charge in [0.1, 0.15) is 0 Å². The van der Waals surface area contributed by atoms with Gasteiger partial charge in [0.25, 0.3) is 5.91 Å². The molecule has 1 saturated heterocycles. The number of hydrogen-bond donors (Lipinski definition) is 2. The van der Waals surface area contributed by atoms with E-state index in [-0.39, 0.29) is 17.8 Å². The average Bonchev–Trinajstić information content (AvgIpc) is 2.91. The van der Waals surface area contributed by atoms with Crippen LogP contribution < -0.4 is 5.73 Å². The Labute approximate surface area is 125 Å². The molecule has 0 bridgehead atoms. The number of furan rings is 1. The highest BCUT2D eigenvalue weighted by molar-refractivity contribution is 9.10. The SMILES string of the molecule is CC(/C(N)=N/O)N1CCN(C(=O)c2ccoc2Br)CC1. The summed E-state index contributed by atoms with van der Waals surface area (Å²) < 4.78 is 5.53. The van der Waals surface area contributed by atoms with Gasteiger partial charge >= 0.3 is 0 Å². The molecule has 2 rings (SSSR count). The fourth-order valence-electron chi connectivity index (χ4n) is 2.20. The van der Waals surface area contributed by atoms with E-state index in [1.54, 1.807) is 11.0 Å². The van der Waals surface area contributed by atoms with Crippen molar-refractivity contribution < 1.29 is 14.4 Å². The van der Waals surface area contributed by atoms with E-state index in [4.69, 9.17) is 15.4 Å². The van der Waals surface area contributed by atoms with E-state index in [0.29, 0.717) is 36.4 Å². The lowest BCUT2D eigenvalue weighted by molar-refractivity contribution is 0.0617. The average molecular weight is 345 g/mol. The summed E-state index contributed by atoms with van der Waals surface area (Å²) in [4.78, 5) is 16.1. The molecule has 0 spiro atoms. The lowest BCUT2D eigenvalue weighted by atomic mass is 10.2. The number of nitrogens with two attached hydrogens (primary N) is 1. The van der Waals surface area contributed by atoms with Crippen LogP contribution in [0.25, 0.3) is 0 Å². The van der Waals surface area contributed by atoms with E-state index in [2.05, 4.69) is 26.0 Å². The van der Waals surface area contributed by atoms with Crippen molar-refractivity contribution in [3.63, 3.8) is 0 Å². The smallest absolute Gasteiger partial charge is 0.258 e. The number of carbonyl (C=O) groups is 1. The molecule has 7 nitrogen and oxygen atoms in total. The van der Waals surface area contributed by atoms with Crippen LogP contribution in [0.5, 0.6) is 0 Å². The third-order valence-corrected chi connectivity index (χ3v) is 4.16. The molecule has 2 heterocycles. The van der Waals surface area contributed by atoms with E-state index in [9.17, 15) is 4.79 Å². The van der Waals surface area contributed by atoms with Gasteiger partial charge in [0.15, 0.2) is 10.5 Å². The molecule has 1 aliphatic heterocycles. The highest BCUT2D eigenvalue weighted by Crippen LogP contribution is 2.20. The molecule has 1 amide bonds. The van der Waals surface area contributed by atoms with Crippen molar-refractivity contribution in [2.45, 2.75) is 13.0 Å². The van der Waals surface area contributed by atoms with E-state index in [1.807, 2.05) is 6.92 Å². The molecule has 1 aromatic heterocycles. The third kappa shape index (κ3) is 2.96. The van der Waals surface area contributed by atoms with E-state index in [1.165, 1.54) is 6.26 Å². The van der Waals surface area contributed by atoms with Crippen LogP contribution in [-0.2, 0) is 0 Å². The zero-order valence-corrected chi connectivity index (χ0v) is 12.7. The highest BCUT2D eigenvalue weighted by atomic mass is 79.9. The number of oxime groups is 1. The Morgan fingerprint density at radius 2 is 2.15 bits per heavy atom. The van der Waals surface area contributed by atoms with Gasteiger partial charge in [0, 0.05) is 26.2 Å². The number of amidine groups is 1. The standard InChI is InChI=1S/C12H17BrN4O3/c1-8(11(14)15-19)16-3-5-17(6-4-16)12(18)9-2-7-20-10(9)13/h2,7-8,19H,3-6H2,1H3,(H2,14,15). The van der Waals surface area contributed by atoms with Crippen LogP contribution in [0.3, 0.4) is 0 Å². The maximum atomic E-state index is 12.3. The molecule has 110 valence electrons. The first kappa shape index (κ1) is 14.9. The zero-order valence-electron chi connectivity index (χ0n) is 11.1. The number of rotatable bonds is 3. The van der Waals surface area contributed by atoms with E-state index >= 15 is 0 Å². The third-order valence-electron chi connectivity index (χ3n) is 3.54. The maximum absolute atomic E-state index is 12.3. The predicted octanol–water partition coefficient (Wildman–Crippen LogP) is 0.935. The highest BCUT2D eigenvalue weighted by Gasteiger charge is 2.27. The summed E-state index contributed by atoms with van der Waals surface area (Å²) in [5.41, 5.74) is 6.13. The van der Waals surface area contributed by atoms with Crippen molar-refractivity contribution in [3.05, 3.63) is 22.6 Å². The molecule has 20 heavy (non-hydrogen) atoms. The molecular formula is C12H17BrN4O3. The van der Waals surface area contributed by atoms with Crippen molar-refractivity contribution >= 4 is 27.7 Å². The number of piperazine rings is 1. The Bertz CT molecular complexity index is 509. The van der Waals surface area contributed by atoms with Gasteiger partial charge in [-0.1, -0.05) is 5.16 Å². The van der Waals surface area contributed by atoms with Crippen molar-refractivity contribution in [2.24, 2.45) is 10.9 Å². The largest absolute Gasteiger partial charge is 0.457 e. The number of hydrogen-bond acceptors (Lipinski definition) is 5. The molecule has 8 heteroatoms. The van der Waals surface area contributed by atoms with E-state index in [0.717, 1.165) is 0 Å². The van der Waals surface area contributed by atoms with Crippen LogP contribution in [0, 0.1) is 0 Å². The molecule has 1 fully saturated rings. The molecular weight excluding hydrogens is 328 g/mol. The van der Waals surface area contributed by atoms with Crippen LogP contribution in [0.4, 0.5) is 0 Å². The van der Waals surface area contributed by atoms with Gasteiger partial charge in [-0.15, -0.1) is 0 Å². The quantitative estimate of drug-likeness (QED) is 0.368. The van der Waals surface area contributed by atoms with Crippen LogP contribution in [0.1, 0.15) is 17.3 Å². The summed E-state index contributed by atoms with van der Waals surface area (Å²) in [6, 6.07) is 1.51. The summed E-state index contributed by atoms with van der Waals surface area (Å²) in [7, 11) is 0. The van der Waals surface area contributed by atoms with Crippen molar-refractivity contribution in [3.8, 4) is 0 Å². The Kier molecular flexibility index (Phi) is 4.66. The first-order valence-electron chi connectivity index (χ1n) is 6.28. The molecule has 1 atom stereocenters. The van der Waals surface area contributed by atoms with Gasteiger partial charge in [0.05, 0.1) is 17.9 Å². The molecule has 1 aliphatic rings. The Morgan fingerprint density at radius 3 is 2.65 bits per heavy atom. The topological polar surface area (TPSA) is 95.3 Å². The predicted molar refractivity (Wildman–Crippen MR) is 76.8 cm³/mol. The molecule has 0 aromatic carbocycles. The second kappa shape index (κ2) is 6.27. The van der Waals surface area contributed by atoms with E-state index < -0.39 is 0 Å².